The Balaban J connectivity index is 1.02. The first-order chi connectivity index (χ1) is 37.2. The number of anilines is 3. The van der Waals surface area contributed by atoms with Crippen LogP contribution in [0.1, 0.15) is 22.3 Å². The molecule has 0 radical (unpaired) electrons. The molecule has 75 heavy (non-hydrogen) atoms. The molecule has 3 nitrogen and oxygen atoms in total. The summed E-state index contributed by atoms with van der Waals surface area (Å²) in [6, 6.07) is 108. The quantitative estimate of drug-likeness (QED) is 0.136. The van der Waals surface area contributed by atoms with E-state index in [1.54, 1.807) is 0 Å². The normalized spacial score (nSPS) is 12.4. The van der Waals surface area contributed by atoms with Crippen LogP contribution in [0.3, 0.4) is 0 Å². The van der Waals surface area contributed by atoms with Crippen LogP contribution in [0.4, 0.5) is 17.1 Å². The van der Waals surface area contributed by atoms with Crippen molar-refractivity contribution in [2.75, 3.05) is 4.90 Å². The first kappa shape index (κ1) is 43.9. The summed E-state index contributed by atoms with van der Waals surface area (Å²) < 4.78 is 2.19. The van der Waals surface area contributed by atoms with Gasteiger partial charge in [0.05, 0.1) is 16.6 Å². The van der Waals surface area contributed by atoms with Gasteiger partial charge in [0, 0.05) is 39.1 Å². The summed E-state index contributed by atoms with van der Waals surface area (Å²) in [5.41, 5.74) is 22.3. The standard InChI is InChI=1S/C72H49N3/c1-7-21-50(22-8-1)51-35-37-52(38-36-51)53-39-42-60(43-40-53)74(62-45-46-64-63-33-19-20-34-66(63)72(67(64)49-62,58-29-15-5-16-30-58)59-31-17-6-18-32-59)61-44-41-57-47-68(54-23-9-2-10-24-54)75-71(65(57)48-61)69(55-25-11-3-12-26-55)70(73-75)56-27-13-4-14-28-56/h1-49H. The topological polar surface area (TPSA) is 20.5 Å². The monoisotopic (exact) mass is 955 g/mol. The maximum Gasteiger partial charge on any atom is 0.101 e. The van der Waals surface area contributed by atoms with Gasteiger partial charge in [0.25, 0.3) is 0 Å². The van der Waals surface area contributed by atoms with Gasteiger partial charge in [0.15, 0.2) is 0 Å². The predicted octanol–water partition coefficient (Wildman–Crippen LogP) is 18.7. The van der Waals surface area contributed by atoms with E-state index in [-0.39, 0.29) is 0 Å². The fraction of sp³-hybridized carbons (Fsp3) is 0.0139. The van der Waals surface area contributed by atoms with E-state index in [2.05, 4.69) is 307 Å². The van der Waals surface area contributed by atoms with Crippen LogP contribution in [0.5, 0.6) is 0 Å². The van der Waals surface area contributed by atoms with E-state index in [1.807, 2.05) is 0 Å². The molecule has 0 fully saturated rings. The molecule has 13 aromatic rings. The number of hydrogen-bond donors (Lipinski definition) is 0. The molecular weight excluding hydrogens is 907 g/mol. The molecule has 0 spiro atoms. The van der Waals surface area contributed by atoms with Crippen LogP contribution in [0.25, 0.3) is 83.3 Å². The van der Waals surface area contributed by atoms with Gasteiger partial charge in [0.1, 0.15) is 5.69 Å². The highest BCUT2D eigenvalue weighted by Gasteiger charge is 2.46. The van der Waals surface area contributed by atoms with Gasteiger partial charge in [-0.2, -0.15) is 5.10 Å². The average Bonchev–Trinajstić information content (AvgIpc) is 4.09. The second-order valence-corrected chi connectivity index (χ2v) is 19.5. The molecule has 11 aromatic carbocycles. The molecule has 1 aliphatic rings. The van der Waals surface area contributed by atoms with Crippen molar-refractivity contribution in [2.24, 2.45) is 0 Å². The Kier molecular flexibility index (Phi) is 10.7. The van der Waals surface area contributed by atoms with E-state index in [0.29, 0.717) is 0 Å². The molecule has 3 heteroatoms. The Morgan fingerprint density at radius 1 is 0.320 bits per heavy atom. The molecule has 0 N–H and O–H groups in total. The Morgan fingerprint density at radius 2 is 0.760 bits per heavy atom. The maximum atomic E-state index is 5.57. The molecule has 2 aromatic heterocycles. The minimum absolute atomic E-state index is 0.564. The molecule has 0 atom stereocenters. The highest BCUT2D eigenvalue weighted by molar-refractivity contribution is 6.10. The second-order valence-electron chi connectivity index (χ2n) is 19.5. The molecule has 0 amide bonds. The molecule has 0 bridgehead atoms. The van der Waals surface area contributed by atoms with Crippen molar-refractivity contribution < 1.29 is 0 Å². The van der Waals surface area contributed by atoms with Gasteiger partial charge in [-0.3, -0.25) is 0 Å². The van der Waals surface area contributed by atoms with Crippen molar-refractivity contribution in [2.45, 2.75) is 5.41 Å². The highest BCUT2D eigenvalue weighted by atomic mass is 15.2. The number of aromatic nitrogens is 2. The molecule has 352 valence electrons. The van der Waals surface area contributed by atoms with Crippen LogP contribution < -0.4 is 4.90 Å². The number of benzene rings is 11. The summed E-state index contributed by atoms with van der Waals surface area (Å²) in [4.78, 5) is 2.45. The first-order valence-electron chi connectivity index (χ1n) is 25.8. The minimum Gasteiger partial charge on any atom is -0.310 e. The van der Waals surface area contributed by atoms with Gasteiger partial charge in [-0.1, -0.05) is 255 Å². The Morgan fingerprint density at radius 3 is 1.36 bits per heavy atom. The summed E-state index contributed by atoms with van der Waals surface area (Å²) >= 11 is 0. The molecule has 0 aliphatic heterocycles. The third kappa shape index (κ3) is 7.39. The smallest absolute Gasteiger partial charge is 0.101 e. The lowest BCUT2D eigenvalue weighted by Crippen LogP contribution is -2.28. The van der Waals surface area contributed by atoms with Crippen molar-refractivity contribution in [3.63, 3.8) is 0 Å². The van der Waals surface area contributed by atoms with Crippen LogP contribution in [0.15, 0.2) is 297 Å². The van der Waals surface area contributed by atoms with Crippen LogP contribution in [-0.2, 0) is 5.41 Å². The number of hydrogen-bond acceptors (Lipinski definition) is 2. The Hall–Kier alpha value is -9.83. The lowest BCUT2D eigenvalue weighted by molar-refractivity contribution is 0.768. The lowest BCUT2D eigenvalue weighted by atomic mass is 9.67. The Bertz CT molecular complexity index is 4130. The molecule has 2 heterocycles. The summed E-state index contributed by atoms with van der Waals surface area (Å²) in [5.74, 6) is 0. The molecule has 0 unspecified atom stereocenters. The number of rotatable bonds is 10. The summed E-state index contributed by atoms with van der Waals surface area (Å²) in [7, 11) is 0. The van der Waals surface area contributed by atoms with Gasteiger partial charge < -0.3 is 4.90 Å². The SMILES string of the molecule is c1ccc(-c2ccc(-c3ccc(N(c4ccc5c(c4)C(c4ccccc4)(c4ccccc4)c4ccccc4-5)c4ccc5cc(-c6ccccc6)n6nc(-c7ccccc7)c(-c7ccccc7)c6c5c4)cc3)cc2)cc1. The third-order valence-electron chi connectivity index (χ3n) is 15.3. The Labute approximate surface area is 437 Å². The fourth-order valence-corrected chi connectivity index (χ4v) is 11.9. The molecular formula is C72H49N3. The summed E-state index contributed by atoms with van der Waals surface area (Å²) in [6.07, 6.45) is 0. The zero-order valence-corrected chi connectivity index (χ0v) is 41.1. The van der Waals surface area contributed by atoms with Crippen molar-refractivity contribution in [1.29, 1.82) is 0 Å². The second kappa shape index (κ2) is 18.3. The van der Waals surface area contributed by atoms with Gasteiger partial charge >= 0.3 is 0 Å². The van der Waals surface area contributed by atoms with E-state index >= 15 is 0 Å². The van der Waals surface area contributed by atoms with E-state index in [4.69, 9.17) is 5.10 Å². The molecule has 0 saturated carbocycles. The first-order valence-corrected chi connectivity index (χ1v) is 25.8. The van der Waals surface area contributed by atoms with Crippen LogP contribution in [-0.4, -0.2) is 9.61 Å². The lowest BCUT2D eigenvalue weighted by Gasteiger charge is -2.35. The van der Waals surface area contributed by atoms with Crippen LogP contribution in [0, 0.1) is 0 Å². The van der Waals surface area contributed by atoms with Crippen LogP contribution in [0.2, 0.25) is 0 Å². The average molecular weight is 956 g/mol. The van der Waals surface area contributed by atoms with Gasteiger partial charge in [0.2, 0.25) is 0 Å². The van der Waals surface area contributed by atoms with Gasteiger partial charge in [-0.15, -0.1) is 0 Å². The van der Waals surface area contributed by atoms with Gasteiger partial charge in [-0.25, -0.2) is 4.52 Å². The van der Waals surface area contributed by atoms with Crippen molar-refractivity contribution in [1.82, 2.24) is 9.61 Å². The molecule has 1 aliphatic carbocycles. The zero-order valence-electron chi connectivity index (χ0n) is 41.1. The van der Waals surface area contributed by atoms with Crippen molar-refractivity contribution in [3.8, 4) is 67.0 Å². The van der Waals surface area contributed by atoms with Crippen LogP contribution >= 0.6 is 0 Å². The minimum atomic E-state index is -0.564. The molecule has 14 rings (SSSR count). The fourth-order valence-electron chi connectivity index (χ4n) is 11.9. The number of pyridine rings is 1. The number of fused-ring (bicyclic) bond motifs is 6. The predicted molar refractivity (Wildman–Crippen MR) is 312 cm³/mol. The van der Waals surface area contributed by atoms with Crippen molar-refractivity contribution >= 4 is 33.4 Å². The molecule has 0 saturated heterocycles. The summed E-state index contributed by atoms with van der Waals surface area (Å²) in [6.45, 7) is 0. The highest BCUT2D eigenvalue weighted by Crippen LogP contribution is 2.57. The summed E-state index contributed by atoms with van der Waals surface area (Å²) in [5, 5.41) is 7.81. The maximum absolute atomic E-state index is 5.57. The largest absolute Gasteiger partial charge is 0.310 e. The van der Waals surface area contributed by atoms with E-state index < -0.39 is 5.41 Å². The third-order valence-corrected chi connectivity index (χ3v) is 15.3. The van der Waals surface area contributed by atoms with E-state index in [0.717, 1.165) is 72.6 Å². The van der Waals surface area contributed by atoms with E-state index in [1.165, 1.54) is 50.1 Å². The van der Waals surface area contributed by atoms with E-state index in [9.17, 15) is 0 Å². The zero-order chi connectivity index (χ0) is 49.7. The van der Waals surface area contributed by atoms with Gasteiger partial charge in [-0.05, 0) is 109 Å². The number of nitrogens with zero attached hydrogens (tertiary/aromatic N) is 3. The van der Waals surface area contributed by atoms with Crippen molar-refractivity contribution in [3.05, 3.63) is 320 Å².